The molecule has 0 radical (unpaired) electrons. The molecule has 1 saturated heterocycles. The standard InChI is InChI=1S/C21H24F3N5O4/c22-21(23,24)18-10-14(13-1-2-16-17(9-13)33-12-32-16)26-19-11-15(27-29(18)19)20(30)25-3-4-28-5-7-31-8-6-28/h1-2,9,11,14,18,26H,3-8,10,12H2,(H,25,30)/t14-,18-/m0/s1. The van der Waals surface area contributed by atoms with Gasteiger partial charge in [-0.3, -0.25) is 9.69 Å². The fourth-order valence-corrected chi connectivity index (χ4v) is 4.28. The van der Waals surface area contributed by atoms with Crippen molar-refractivity contribution in [2.45, 2.75) is 24.7 Å². The number of aromatic nitrogens is 2. The highest BCUT2D eigenvalue weighted by Gasteiger charge is 2.47. The zero-order valence-electron chi connectivity index (χ0n) is 17.7. The van der Waals surface area contributed by atoms with Gasteiger partial charge in [0.05, 0.1) is 19.3 Å². The first-order valence-corrected chi connectivity index (χ1v) is 10.8. The fourth-order valence-electron chi connectivity index (χ4n) is 4.28. The number of alkyl halides is 3. The number of anilines is 1. The molecule has 9 nitrogen and oxygen atoms in total. The van der Waals surface area contributed by atoms with E-state index in [9.17, 15) is 18.0 Å². The van der Waals surface area contributed by atoms with Crippen LogP contribution in [-0.2, 0) is 4.74 Å². The Hall–Kier alpha value is -2.99. The minimum absolute atomic E-state index is 0.0555. The summed E-state index contributed by atoms with van der Waals surface area (Å²) in [6.07, 6.45) is -4.79. The molecule has 2 N–H and O–H groups in total. The number of benzene rings is 1. The average Bonchev–Trinajstić information content (AvgIpc) is 3.44. The van der Waals surface area contributed by atoms with E-state index in [1.807, 2.05) is 0 Å². The lowest BCUT2D eigenvalue weighted by Gasteiger charge is -2.33. The molecule has 33 heavy (non-hydrogen) atoms. The third kappa shape index (κ3) is 4.58. The molecule has 0 spiro atoms. The van der Waals surface area contributed by atoms with E-state index in [-0.39, 0.29) is 24.7 Å². The van der Waals surface area contributed by atoms with Crippen molar-refractivity contribution in [1.82, 2.24) is 20.0 Å². The Kier molecular flexibility index (Phi) is 5.79. The number of hydrogen-bond donors (Lipinski definition) is 2. The number of morpholine rings is 1. The van der Waals surface area contributed by atoms with Crippen molar-refractivity contribution in [2.24, 2.45) is 0 Å². The number of hydrogen-bond acceptors (Lipinski definition) is 7. The second kappa shape index (κ2) is 8.75. The molecule has 2 aromatic rings. The van der Waals surface area contributed by atoms with E-state index in [0.29, 0.717) is 43.4 Å². The molecule has 12 heteroatoms. The summed E-state index contributed by atoms with van der Waals surface area (Å²) in [7, 11) is 0. The zero-order chi connectivity index (χ0) is 23.0. The molecule has 0 aliphatic carbocycles. The molecule has 3 aliphatic heterocycles. The van der Waals surface area contributed by atoms with Gasteiger partial charge in [-0.2, -0.15) is 18.3 Å². The smallest absolute Gasteiger partial charge is 0.410 e. The highest BCUT2D eigenvalue weighted by Crippen LogP contribution is 2.45. The molecule has 2 atom stereocenters. The average molecular weight is 467 g/mol. The van der Waals surface area contributed by atoms with Crippen molar-refractivity contribution in [1.29, 1.82) is 0 Å². The van der Waals surface area contributed by atoms with Crippen LogP contribution in [0, 0.1) is 0 Å². The Balaban J connectivity index is 1.31. The first-order chi connectivity index (χ1) is 15.9. The van der Waals surface area contributed by atoms with E-state index < -0.39 is 24.2 Å². The van der Waals surface area contributed by atoms with Crippen LogP contribution in [0.3, 0.4) is 0 Å². The highest BCUT2D eigenvalue weighted by molar-refractivity contribution is 5.93. The summed E-state index contributed by atoms with van der Waals surface area (Å²) in [6.45, 7) is 3.96. The van der Waals surface area contributed by atoms with Crippen LogP contribution in [0.5, 0.6) is 11.5 Å². The summed E-state index contributed by atoms with van der Waals surface area (Å²) in [5, 5.41) is 9.83. The molecular formula is C21H24F3N5O4. The van der Waals surface area contributed by atoms with Crippen molar-refractivity contribution in [3.63, 3.8) is 0 Å². The van der Waals surface area contributed by atoms with Crippen LogP contribution in [0.4, 0.5) is 19.0 Å². The predicted octanol–water partition coefficient (Wildman–Crippen LogP) is 2.33. The molecule has 1 amide bonds. The molecule has 1 aromatic carbocycles. The minimum atomic E-state index is -4.53. The first-order valence-electron chi connectivity index (χ1n) is 10.8. The molecule has 1 aromatic heterocycles. The van der Waals surface area contributed by atoms with Gasteiger partial charge in [-0.1, -0.05) is 6.07 Å². The maximum atomic E-state index is 13.9. The van der Waals surface area contributed by atoms with Crippen LogP contribution in [0.1, 0.15) is 34.6 Å². The topological polar surface area (TPSA) is 89.9 Å². The Morgan fingerprint density at radius 2 is 1.97 bits per heavy atom. The summed E-state index contributed by atoms with van der Waals surface area (Å²) in [5.41, 5.74) is 0.581. The van der Waals surface area contributed by atoms with Gasteiger partial charge in [-0.15, -0.1) is 0 Å². The van der Waals surface area contributed by atoms with Crippen LogP contribution in [0.25, 0.3) is 0 Å². The van der Waals surface area contributed by atoms with Gasteiger partial charge < -0.3 is 24.8 Å². The zero-order valence-corrected chi connectivity index (χ0v) is 17.7. The molecule has 5 rings (SSSR count). The maximum absolute atomic E-state index is 13.9. The van der Waals surface area contributed by atoms with E-state index in [1.54, 1.807) is 18.2 Å². The Labute approximate surface area is 187 Å². The summed E-state index contributed by atoms with van der Waals surface area (Å²) >= 11 is 0. The lowest BCUT2D eigenvalue weighted by atomic mass is 9.96. The highest BCUT2D eigenvalue weighted by atomic mass is 19.4. The lowest BCUT2D eigenvalue weighted by Crippen LogP contribution is -2.41. The number of halogens is 3. The monoisotopic (exact) mass is 467 g/mol. The fraction of sp³-hybridized carbons (Fsp3) is 0.524. The number of nitrogens with one attached hydrogen (secondary N) is 2. The molecule has 4 heterocycles. The number of nitrogens with zero attached hydrogens (tertiary/aromatic N) is 3. The lowest BCUT2D eigenvalue weighted by molar-refractivity contribution is -0.173. The molecular weight excluding hydrogens is 443 g/mol. The number of amides is 1. The van der Waals surface area contributed by atoms with E-state index in [2.05, 4.69) is 20.6 Å². The van der Waals surface area contributed by atoms with Gasteiger partial charge in [0, 0.05) is 38.7 Å². The Morgan fingerprint density at radius 1 is 1.18 bits per heavy atom. The van der Waals surface area contributed by atoms with Crippen molar-refractivity contribution in [3.8, 4) is 11.5 Å². The van der Waals surface area contributed by atoms with E-state index in [0.717, 1.165) is 17.8 Å². The molecule has 0 bridgehead atoms. The second-order valence-corrected chi connectivity index (χ2v) is 8.17. The number of rotatable bonds is 5. The van der Waals surface area contributed by atoms with Crippen LogP contribution < -0.4 is 20.1 Å². The molecule has 0 saturated carbocycles. The van der Waals surface area contributed by atoms with Crippen LogP contribution >= 0.6 is 0 Å². The van der Waals surface area contributed by atoms with Crippen molar-refractivity contribution >= 4 is 11.7 Å². The Bertz CT molecular complexity index is 1020. The van der Waals surface area contributed by atoms with E-state index in [4.69, 9.17) is 14.2 Å². The van der Waals surface area contributed by atoms with Crippen molar-refractivity contribution in [2.75, 3.05) is 51.5 Å². The quantitative estimate of drug-likeness (QED) is 0.698. The van der Waals surface area contributed by atoms with Crippen molar-refractivity contribution < 1.29 is 32.2 Å². The molecule has 1 fully saturated rings. The van der Waals surface area contributed by atoms with Gasteiger partial charge in [0.25, 0.3) is 5.91 Å². The number of carbonyl (C=O) groups excluding carboxylic acids is 1. The van der Waals surface area contributed by atoms with Gasteiger partial charge in [0.2, 0.25) is 6.79 Å². The molecule has 178 valence electrons. The van der Waals surface area contributed by atoms with Crippen molar-refractivity contribution in [3.05, 3.63) is 35.5 Å². The van der Waals surface area contributed by atoms with E-state index >= 15 is 0 Å². The second-order valence-electron chi connectivity index (χ2n) is 8.17. The number of fused-ring (bicyclic) bond motifs is 2. The van der Waals surface area contributed by atoms with Gasteiger partial charge in [0.1, 0.15) is 5.82 Å². The van der Waals surface area contributed by atoms with Crippen LogP contribution in [-0.4, -0.2) is 72.9 Å². The SMILES string of the molecule is O=C(NCCN1CCOCC1)c1cc2n(n1)[C@H](C(F)(F)F)C[C@@H](c1ccc3c(c1)OCO3)N2. The third-order valence-corrected chi connectivity index (χ3v) is 6.04. The molecule has 0 unspecified atom stereocenters. The van der Waals surface area contributed by atoms with Gasteiger partial charge in [-0.25, -0.2) is 4.68 Å². The van der Waals surface area contributed by atoms with Crippen LogP contribution in [0.15, 0.2) is 24.3 Å². The first kappa shape index (κ1) is 21.8. The van der Waals surface area contributed by atoms with Gasteiger partial charge >= 0.3 is 6.18 Å². The van der Waals surface area contributed by atoms with Crippen LogP contribution in [0.2, 0.25) is 0 Å². The Morgan fingerprint density at radius 3 is 2.76 bits per heavy atom. The summed E-state index contributed by atoms with van der Waals surface area (Å²) in [5.74, 6) is 0.692. The largest absolute Gasteiger partial charge is 0.454 e. The third-order valence-electron chi connectivity index (χ3n) is 6.04. The molecule has 3 aliphatic rings. The summed E-state index contributed by atoms with van der Waals surface area (Å²) in [4.78, 5) is 14.7. The summed E-state index contributed by atoms with van der Waals surface area (Å²) in [6, 6.07) is 3.94. The van der Waals surface area contributed by atoms with Gasteiger partial charge in [-0.05, 0) is 17.7 Å². The van der Waals surface area contributed by atoms with Gasteiger partial charge in [0.15, 0.2) is 23.2 Å². The normalized spacial score (nSPS) is 22.5. The number of ether oxygens (including phenoxy) is 3. The predicted molar refractivity (Wildman–Crippen MR) is 110 cm³/mol. The maximum Gasteiger partial charge on any atom is 0.410 e. The van der Waals surface area contributed by atoms with E-state index in [1.165, 1.54) is 6.07 Å². The number of carbonyl (C=O) groups is 1. The summed E-state index contributed by atoms with van der Waals surface area (Å²) < 4.78 is 58.5. The minimum Gasteiger partial charge on any atom is -0.454 e.